The Morgan fingerprint density at radius 3 is 2.75 bits per heavy atom. The van der Waals surface area contributed by atoms with E-state index in [2.05, 4.69) is 15.5 Å². The zero-order valence-electron chi connectivity index (χ0n) is 13.4. The first kappa shape index (κ1) is 18.2. The summed E-state index contributed by atoms with van der Waals surface area (Å²) in [5.41, 5.74) is 0.720. The van der Waals surface area contributed by atoms with Gasteiger partial charge in [-0.1, -0.05) is 29.0 Å². The minimum Gasteiger partial charge on any atom is -0.466 e. The molecule has 0 unspecified atom stereocenters. The lowest BCUT2D eigenvalue weighted by atomic mass is 10.2. The summed E-state index contributed by atoms with van der Waals surface area (Å²) in [6, 6.07) is 6.67. The normalized spacial score (nSPS) is 10.5. The number of nitrogens with one attached hydrogen (secondary N) is 1. The first-order valence-corrected chi connectivity index (χ1v) is 8.90. The van der Waals surface area contributed by atoms with Crippen LogP contribution in [0.15, 0.2) is 28.6 Å². The zero-order valence-corrected chi connectivity index (χ0v) is 15.1. The van der Waals surface area contributed by atoms with E-state index in [-0.39, 0.29) is 17.8 Å². The van der Waals surface area contributed by atoms with Crippen LogP contribution in [0.5, 0.6) is 5.19 Å². The standard InChI is InChI=1S/C15H17N3O4S2/c1-9(2)22-14-17-18-15(24-14)23-8-12(19)16-11-7-5-4-6-10(11)13(20)21-3/h4-7,9H,8H2,1-3H3,(H,16,19). The number of ether oxygens (including phenoxy) is 2. The molecular weight excluding hydrogens is 350 g/mol. The van der Waals surface area contributed by atoms with E-state index in [9.17, 15) is 9.59 Å². The maximum absolute atomic E-state index is 12.1. The molecule has 0 aliphatic carbocycles. The maximum Gasteiger partial charge on any atom is 0.339 e. The van der Waals surface area contributed by atoms with E-state index >= 15 is 0 Å². The molecule has 0 saturated carbocycles. The quantitative estimate of drug-likeness (QED) is 0.594. The lowest BCUT2D eigenvalue weighted by Gasteiger charge is -2.08. The van der Waals surface area contributed by atoms with Gasteiger partial charge >= 0.3 is 5.97 Å². The SMILES string of the molecule is COC(=O)c1ccccc1NC(=O)CSc1nnc(OC(C)C)s1. The Hall–Kier alpha value is -2.13. The number of hydrogen-bond donors (Lipinski definition) is 1. The van der Waals surface area contributed by atoms with Crippen molar-refractivity contribution in [3.05, 3.63) is 29.8 Å². The molecule has 1 aromatic heterocycles. The number of hydrogen-bond acceptors (Lipinski definition) is 8. The van der Waals surface area contributed by atoms with Gasteiger partial charge in [0.1, 0.15) is 0 Å². The summed E-state index contributed by atoms with van der Waals surface area (Å²) in [5.74, 6) is -0.609. The number of nitrogens with zero attached hydrogens (tertiary/aromatic N) is 2. The van der Waals surface area contributed by atoms with Gasteiger partial charge in [-0.15, -0.1) is 5.10 Å². The second kappa shape index (κ2) is 8.65. The third-order valence-electron chi connectivity index (χ3n) is 2.66. The van der Waals surface area contributed by atoms with Gasteiger partial charge in [0.25, 0.3) is 5.19 Å². The molecule has 2 aromatic rings. The molecule has 9 heteroatoms. The highest BCUT2D eigenvalue weighted by Gasteiger charge is 2.14. The van der Waals surface area contributed by atoms with E-state index in [4.69, 9.17) is 9.47 Å². The average Bonchev–Trinajstić information content (AvgIpc) is 2.99. The fourth-order valence-corrected chi connectivity index (χ4v) is 3.30. The van der Waals surface area contributed by atoms with E-state index in [0.29, 0.717) is 20.8 Å². The fourth-order valence-electron chi connectivity index (χ4n) is 1.70. The van der Waals surface area contributed by atoms with Gasteiger partial charge in [0.15, 0.2) is 4.34 Å². The molecular formula is C15H17N3O4S2. The van der Waals surface area contributed by atoms with Gasteiger partial charge in [-0.2, -0.15) is 0 Å². The van der Waals surface area contributed by atoms with Crippen molar-refractivity contribution in [1.29, 1.82) is 0 Å². The summed E-state index contributed by atoms with van der Waals surface area (Å²) in [7, 11) is 1.29. The van der Waals surface area contributed by atoms with Crippen molar-refractivity contribution in [2.75, 3.05) is 18.2 Å². The number of amides is 1. The van der Waals surface area contributed by atoms with E-state index in [1.807, 2.05) is 13.8 Å². The zero-order chi connectivity index (χ0) is 17.5. The first-order valence-electron chi connectivity index (χ1n) is 7.09. The third-order valence-corrected chi connectivity index (χ3v) is 4.61. The number of aromatic nitrogens is 2. The number of carbonyl (C=O) groups excluding carboxylic acids is 2. The Morgan fingerprint density at radius 2 is 2.04 bits per heavy atom. The molecule has 0 fully saturated rings. The highest BCUT2D eigenvalue weighted by molar-refractivity contribution is 8.01. The van der Waals surface area contributed by atoms with Crippen molar-refractivity contribution in [3.8, 4) is 5.19 Å². The van der Waals surface area contributed by atoms with E-state index in [0.717, 1.165) is 0 Å². The summed E-state index contributed by atoms with van der Waals surface area (Å²) in [4.78, 5) is 23.8. The van der Waals surface area contributed by atoms with E-state index < -0.39 is 5.97 Å². The first-order chi connectivity index (χ1) is 11.5. The molecule has 1 heterocycles. The number of para-hydroxylation sites is 1. The van der Waals surface area contributed by atoms with Crippen LogP contribution < -0.4 is 10.1 Å². The Bertz CT molecular complexity index is 718. The van der Waals surface area contributed by atoms with Crippen molar-refractivity contribution >= 4 is 40.7 Å². The monoisotopic (exact) mass is 367 g/mol. The molecule has 0 aliphatic rings. The second-order valence-electron chi connectivity index (χ2n) is 4.87. The van der Waals surface area contributed by atoms with Crippen molar-refractivity contribution in [2.24, 2.45) is 0 Å². The van der Waals surface area contributed by atoms with Gasteiger partial charge in [-0.3, -0.25) is 4.79 Å². The van der Waals surface area contributed by atoms with Gasteiger partial charge in [-0.05, 0) is 37.3 Å². The number of benzene rings is 1. The van der Waals surface area contributed by atoms with E-state index in [1.54, 1.807) is 24.3 Å². The summed E-state index contributed by atoms with van der Waals surface area (Å²) in [6.45, 7) is 3.81. The smallest absolute Gasteiger partial charge is 0.339 e. The average molecular weight is 367 g/mol. The molecule has 1 amide bonds. The van der Waals surface area contributed by atoms with Gasteiger partial charge in [0.05, 0.1) is 30.2 Å². The lowest BCUT2D eigenvalue weighted by molar-refractivity contribution is -0.113. The van der Waals surface area contributed by atoms with Crippen LogP contribution in [-0.2, 0) is 9.53 Å². The highest BCUT2D eigenvalue weighted by Crippen LogP contribution is 2.27. The Balaban J connectivity index is 1.92. The molecule has 128 valence electrons. The third kappa shape index (κ3) is 5.20. The number of anilines is 1. The summed E-state index contributed by atoms with van der Waals surface area (Å²) < 4.78 is 10.8. The lowest BCUT2D eigenvalue weighted by Crippen LogP contribution is -2.17. The van der Waals surface area contributed by atoms with Gasteiger partial charge in [0, 0.05) is 0 Å². The largest absolute Gasteiger partial charge is 0.466 e. The van der Waals surface area contributed by atoms with Gasteiger partial charge < -0.3 is 14.8 Å². The molecule has 0 aliphatic heterocycles. The Labute approximate surface area is 147 Å². The number of methoxy groups -OCH3 is 1. The van der Waals surface area contributed by atoms with Crippen LogP contribution in [0.1, 0.15) is 24.2 Å². The Morgan fingerprint density at radius 1 is 1.29 bits per heavy atom. The predicted molar refractivity (Wildman–Crippen MR) is 92.8 cm³/mol. The molecule has 0 saturated heterocycles. The van der Waals surface area contributed by atoms with Crippen LogP contribution in [0.3, 0.4) is 0 Å². The summed E-state index contributed by atoms with van der Waals surface area (Å²) in [6.07, 6.45) is 0.0221. The van der Waals surface area contributed by atoms with Crippen LogP contribution in [-0.4, -0.2) is 41.0 Å². The number of rotatable bonds is 7. The van der Waals surface area contributed by atoms with Crippen molar-refractivity contribution in [3.63, 3.8) is 0 Å². The highest BCUT2D eigenvalue weighted by atomic mass is 32.2. The fraction of sp³-hybridized carbons (Fsp3) is 0.333. The molecule has 1 aromatic carbocycles. The number of esters is 1. The van der Waals surface area contributed by atoms with Crippen LogP contribution in [0.2, 0.25) is 0 Å². The van der Waals surface area contributed by atoms with Crippen molar-refractivity contribution < 1.29 is 19.1 Å². The molecule has 7 nitrogen and oxygen atoms in total. The van der Waals surface area contributed by atoms with Crippen LogP contribution in [0, 0.1) is 0 Å². The topological polar surface area (TPSA) is 90.4 Å². The number of carbonyl (C=O) groups is 2. The van der Waals surface area contributed by atoms with Crippen LogP contribution >= 0.6 is 23.1 Å². The van der Waals surface area contributed by atoms with Crippen LogP contribution in [0.25, 0.3) is 0 Å². The van der Waals surface area contributed by atoms with Gasteiger partial charge in [0.2, 0.25) is 5.91 Å². The number of thioether (sulfide) groups is 1. The van der Waals surface area contributed by atoms with Crippen molar-refractivity contribution in [2.45, 2.75) is 24.3 Å². The molecule has 2 rings (SSSR count). The van der Waals surface area contributed by atoms with E-state index in [1.165, 1.54) is 30.2 Å². The molecule has 24 heavy (non-hydrogen) atoms. The molecule has 0 atom stereocenters. The molecule has 0 spiro atoms. The predicted octanol–water partition coefficient (Wildman–Crippen LogP) is 2.84. The molecule has 0 bridgehead atoms. The van der Waals surface area contributed by atoms with Crippen LogP contribution in [0.4, 0.5) is 5.69 Å². The Kier molecular flexibility index (Phi) is 6.56. The summed E-state index contributed by atoms with van der Waals surface area (Å²) >= 11 is 2.54. The molecule has 1 N–H and O–H groups in total. The maximum atomic E-state index is 12.1. The molecule has 0 radical (unpaired) electrons. The summed E-state index contributed by atoms with van der Waals surface area (Å²) in [5, 5.41) is 11.0. The minimum absolute atomic E-state index is 0.0221. The minimum atomic E-state index is -0.502. The second-order valence-corrected chi connectivity index (χ2v) is 7.04. The van der Waals surface area contributed by atoms with Gasteiger partial charge in [-0.25, -0.2) is 4.79 Å². The van der Waals surface area contributed by atoms with Crippen molar-refractivity contribution in [1.82, 2.24) is 10.2 Å².